The van der Waals surface area contributed by atoms with Crippen molar-refractivity contribution in [1.29, 1.82) is 0 Å². The van der Waals surface area contributed by atoms with Gasteiger partial charge in [0.25, 0.3) is 0 Å². The van der Waals surface area contributed by atoms with E-state index in [9.17, 15) is 0 Å². The van der Waals surface area contributed by atoms with E-state index in [1.165, 1.54) is 11.5 Å². The van der Waals surface area contributed by atoms with Crippen LogP contribution >= 0.6 is 23.3 Å². The number of thioether (sulfide) groups is 1. The van der Waals surface area contributed by atoms with Gasteiger partial charge < -0.3 is 5.11 Å². The Kier molecular flexibility index (Phi) is 3.97. The smallest absolute Gasteiger partial charge is 0.170 e. The van der Waals surface area contributed by atoms with Crippen LogP contribution in [-0.2, 0) is 6.42 Å². The Labute approximate surface area is 80.4 Å². The van der Waals surface area contributed by atoms with Crippen molar-refractivity contribution in [3.8, 4) is 0 Å². The lowest BCUT2D eigenvalue weighted by molar-refractivity contribution is 0.220. The van der Waals surface area contributed by atoms with Gasteiger partial charge in [-0.2, -0.15) is 4.37 Å². The fourth-order valence-electron chi connectivity index (χ4n) is 0.632. The predicted molar refractivity (Wildman–Crippen MR) is 51.7 cm³/mol. The summed E-state index contributed by atoms with van der Waals surface area (Å²) in [7, 11) is 0. The van der Waals surface area contributed by atoms with Gasteiger partial charge in [-0.25, -0.2) is 4.98 Å². The van der Waals surface area contributed by atoms with E-state index < -0.39 is 0 Å². The lowest BCUT2D eigenvalue weighted by atomic mass is 10.5. The number of rotatable bonds is 4. The molecule has 0 radical (unpaired) electrons. The summed E-state index contributed by atoms with van der Waals surface area (Å²) >= 11 is 2.97. The molecule has 1 atom stereocenters. The maximum atomic E-state index is 9.01. The number of aliphatic hydroxyl groups is 1. The zero-order valence-electron chi connectivity index (χ0n) is 7.15. The fourth-order valence-corrected chi connectivity index (χ4v) is 2.21. The van der Waals surface area contributed by atoms with E-state index in [1.807, 2.05) is 6.92 Å². The van der Waals surface area contributed by atoms with E-state index in [0.717, 1.165) is 16.6 Å². The number of nitrogens with zero attached hydrogens (tertiary/aromatic N) is 2. The van der Waals surface area contributed by atoms with Crippen LogP contribution in [0.3, 0.4) is 0 Å². The van der Waals surface area contributed by atoms with Crippen LogP contribution in [0.4, 0.5) is 0 Å². The molecule has 0 saturated heterocycles. The molecule has 0 saturated carbocycles. The minimum atomic E-state index is -0.274. The van der Waals surface area contributed by atoms with Gasteiger partial charge in [-0.15, -0.1) is 0 Å². The highest BCUT2D eigenvalue weighted by Gasteiger charge is 2.04. The molecule has 3 nitrogen and oxygen atoms in total. The van der Waals surface area contributed by atoms with E-state index in [4.69, 9.17) is 5.11 Å². The van der Waals surface area contributed by atoms with Gasteiger partial charge in [-0.1, -0.05) is 18.7 Å². The van der Waals surface area contributed by atoms with Crippen molar-refractivity contribution in [2.75, 3.05) is 5.75 Å². The van der Waals surface area contributed by atoms with Gasteiger partial charge in [0.15, 0.2) is 4.34 Å². The number of aryl methyl sites for hydroxylation is 1. The Hall–Kier alpha value is -0.130. The molecule has 5 heteroatoms. The highest BCUT2D eigenvalue weighted by Crippen LogP contribution is 2.20. The summed E-state index contributed by atoms with van der Waals surface area (Å²) in [5.41, 5.74) is 0. The molecule has 0 aliphatic carbocycles. The summed E-state index contributed by atoms with van der Waals surface area (Å²) < 4.78 is 5.09. The van der Waals surface area contributed by atoms with Crippen molar-refractivity contribution in [2.45, 2.75) is 30.7 Å². The molecule has 0 fully saturated rings. The van der Waals surface area contributed by atoms with Crippen LogP contribution in [0.2, 0.25) is 0 Å². The Morgan fingerprint density at radius 1 is 1.67 bits per heavy atom. The van der Waals surface area contributed by atoms with Crippen molar-refractivity contribution in [3.05, 3.63) is 5.82 Å². The Bertz CT molecular complexity index is 237. The van der Waals surface area contributed by atoms with Gasteiger partial charge in [0, 0.05) is 12.2 Å². The normalized spacial score (nSPS) is 13.2. The van der Waals surface area contributed by atoms with E-state index in [0.29, 0.717) is 5.75 Å². The number of hydrogen-bond acceptors (Lipinski definition) is 5. The number of aliphatic hydroxyl groups excluding tert-OH is 1. The van der Waals surface area contributed by atoms with Crippen LogP contribution in [0.25, 0.3) is 0 Å². The van der Waals surface area contributed by atoms with Gasteiger partial charge in [0.2, 0.25) is 0 Å². The second-order valence-corrected chi connectivity index (χ2v) is 4.51. The molecule has 0 aromatic carbocycles. The van der Waals surface area contributed by atoms with E-state index in [1.54, 1.807) is 18.7 Å². The molecule has 0 aliphatic heterocycles. The first-order chi connectivity index (χ1) is 5.72. The van der Waals surface area contributed by atoms with Gasteiger partial charge in [0.1, 0.15) is 5.82 Å². The van der Waals surface area contributed by atoms with Crippen molar-refractivity contribution >= 4 is 23.3 Å². The van der Waals surface area contributed by atoms with Crippen molar-refractivity contribution in [1.82, 2.24) is 9.36 Å². The molecule has 0 spiro atoms. The van der Waals surface area contributed by atoms with Crippen LogP contribution < -0.4 is 0 Å². The fraction of sp³-hybridized carbons (Fsp3) is 0.714. The first-order valence-electron chi connectivity index (χ1n) is 3.85. The zero-order valence-corrected chi connectivity index (χ0v) is 8.78. The van der Waals surface area contributed by atoms with Crippen molar-refractivity contribution < 1.29 is 5.11 Å². The SMILES string of the molecule is CCc1nsc(SC[C@H](C)O)n1. The average Bonchev–Trinajstić information content (AvgIpc) is 2.48. The highest BCUT2D eigenvalue weighted by atomic mass is 32.2. The topological polar surface area (TPSA) is 46.0 Å². The lowest BCUT2D eigenvalue weighted by Gasteiger charge is -1.98. The minimum Gasteiger partial charge on any atom is -0.393 e. The standard InChI is InChI=1S/C7H12N2OS2/c1-3-6-8-7(12-9-6)11-4-5(2)10/h5,10H,3-4H2,1-2H3/t5-/m0/s1. The van der Waals surface area contributed by atoms with Crippen LogP contribution in [-0.4, -0.2) is 26.3 Å². The van der Waals surface area contributed by atoms with E-state index in [-0.39, 0.29) is 6.10 Å². The number of aromatic nitrogens is 2. The maximum Gasteiger partial charge on any atom is 0.170 e. The summed E-state index contributed by atoms with van der Waals surface area (Å²) in [5, 5.41) is 9.01. The lowest BCUT2D eigenvalue weighted by Crippen LogP contribution is -2.01. The van der Waals surface area contributed by atoms with Crippen LogP contribution in [0.5, 0.6) is 0 Å². The third kappa shape index (κ3) is 3.08. The molecule has 0 aliphatic rings. The summed E-state index contributed by atoms with van der Waals surface area (Å²) in [5.74, 6) is 1.59. The molecule has 0 amide bonds. The van der Waals surface area contributed by atoms with Crippen molar-refractivity contribution in [3.63, 3.8) is 0 Å². The first-order valence-corrected chi connectivity index (χ1v) is 5.61. The Balaban J connectivity index is 2.41. The molecule has 1 aromatic heterocycles. The summed E-state index contributed by atoms with van der Waals surface area (Å²) in [6.07, 6.45) is 0.607. The predicted octanol–water partition coefficient (Wildman–Crippen LogP) is 1.57. The quantitative estimate of drug-likeness (QED) is 0.756. The second-order valence-electron chi connectivity index (χ2n) is 2.49. The largest absolute Gasteiger partial charge is 0.393 e. The molecular weight excluding hydrogens is 192 g/mol. The van der Waals surface area contributed by atoms with E-state index >= 15 is 0 Å². The van der Waals surface area contributed by atoms with Crippen LogP contribution in [0, 0.1) is 0 Å². The van der Waals surface area contributed by atoms with Gasteiger partial charge in [0.05, 0.1) is 6.10 Å². The summed E-state index contributed by atoms with van der Waals surface area (Å²) in [6.45, 7) is 3.81. The molecule has 0 unspecified atom stereocenters. The highest BCUT2D eigenvalue weighted by molar-refractivity contribution is 8.00. The molecule has 68 valence electrons. The minimum absolute atomic E-state index is 0.274. The van der Waals surface area contributed by atoms with Gasteiger partial charge >= 0.3 is 0 Å². The first kappa shape index (κ1) is 9.95. The van der Waals surface area contributed by atoms with Gasteiger partial charge in [-0.3, -0.25) is 0 Å². The average molecular weight is 204 g/mol. The van der Waals surface area contributed by atoms with Crippen LogP contribution in [0.15, 0.2) is 4.34 Å². The van der Waals surface area contributed by atoms with Gasteiger partial charge in [-0.05, 0) is 18.5 Å². The Morgan fingerprint density at radius 3 is 2.92 bits per heavy atom. The third-order valence-corrected chi connectivity index (χ3v) is 3.33. The zero-order chi connectivity index (χ0) is 8.97. The van der Waals surface area contributed by atoms with Crippen molar-refractivity contribution in [2.24, 2.45) is 0 Å². The Morgan fingerprint density at radius 2 is 2.42 bits per heavy atom. The monoisotopic (exact) mass is 204 g/mol. The summed E-state index contributed by atoms with van der Waals surface area (Å²) in [4.78, 5) is 4.26. The maximum absolute atomic E-state index is 9.01. The molecular formula is C7H12N2OS2. The number of hydrogen-bond donors (Lipinski definition) is 1. The second kappa shape index (κ2) is 4.79. The molecule has 0 bridgehead atoms. The summed E-state index contributed by atoms with van der Waals surface area (Å²) in [6, 6.07) is 0. The van der Waals surface area contributed by atoms with E-state index in [2.05, 4.69) is 9.36 Å². The third-order valence-electron chi connectivity index (χ3n) is 1.21. The molecule has 1 aromatic rings. The van der Waals surface area contributed by atoms with Crippen LogP contribution in [0.1, 0.15) is 19.7 Å². The molecule has 1 N–H and O–H groups in total. The molecule has 1 rings (SSSR count). The molecule has 1 heterocycles. The molecule has 12 heavy (non-hydrogen) atoms.